The van der Waals surface area contributed by atoms with Crippen molar-refractivity contribution in [3.05, 3.63) is 72.8 Å². The first-order valence-corrected chi connectivity index (χ1v) is 14.8. The van der Waals surface area contributed by atoms with E-state index in [0.29, 0.717) is 22.9 Å². The number of hydrogen-bond donors (Lipinski definition) is 2. The third-order valence-electron chi connectivity index (χ3n) is 6.76. The first kappa shape index (κ1) is 30.4. The van der Waals surface area contributed by atoms with E-state index in [4.69, 9.17) is 9.47 Å². The van der Waals surface area contributed by atoms with Gasteiger partial charge in [0.15, 0.2) is 11.5 Å². The van der Waals surface area contributed by atoms with E-state index in [1.807, 2.05) is 0 Å². The smallest absolute Gasteiger partial charge is 0.453 e. The monoisotopic (exact) mass is 621 g/mol. The zero-order valence-electron chi connectivity index (χ0n) is 23.4. The summed E-state index contributed by atoms with van der Waals surface area (Å²) in [5.41, 5.74) is 0.340. The van der Waals surface area contributed by atoms with Gasteiger partial charge in [-0.25, -0.2) is 17.9 Å². The molecule has 0 radical (unpaired) electrons. The minimum atomic E-state index is -4.94. The molecule has 0 bridgehead atoms. The summed E-state index contributed by atoms with van der Waals surface area (Å²) < 4.78 is 82.4. The minimum absolute atomic E-state index is 0.0273. The van der Waals surface area contributed by atoms with Gasteiger partial charge >= 0.3 is 12.5 Å². The summed E-state index contributed by atoms with van der Waals surface area (Å²) in [5, 5.41) is 11.7. The molecule has 1 amide bonds. The van der Waals surface area contributed by atoms with Gasteiger partial charge in [0.2, 0.25) is 10.0 Å². The van der Waals surface area contributed by atoms with Crippen molar-refractivity contribution in [1.82, 2.24) is 9.62 Å². The van der Waals surface area contributed by atoms with Crippen LogP contribution in [0, 0.1) is 0 Å². The number of amides is 1. The van der Waals surface area contributed by atoms with Gasteiger partial charge in [-0.15, -0.1) is 13.2 Å². The number of rotatable bonds is 5. The van der Waals surface area contributed by atoms with E-state index in [2.05, 4.69) is 9.46 Å². The molecule has 2 aliphatic heterocycles. The van der Waals surface area contributed by atoms with Gasteiger partial charge in [-0.1, -0.05) is 24.3 Å². The van der Waals surface area contributed by atoms with Gasteiger partial charge in [-0.05, 0) is 69.3 Å². The number of hydrogen-bond acceptors (Lipinski definition) is 8. The molecular formula is C29H30F3N3O7S. The number of aliphatic hydroxyl groups is 1. The SMILES string of the molecule is CC(C)(C)OC(=O)N1CC(N2c3ccccc3Oc3ccccc32)C(O)[C@H](NS(=O)(=O)c2ccc(OC(F)(F)F)cc2)C1. The van der Waals surface area contributed by atoms with Gasteiger partial charge in [-0.3, -0.25) is 0 Å². The fourth-order valence-corrected chi connectivity index (χ4v) is 6.26. The lowest BCUT2D eigenvalue weighted by atomic mass is 9.94. The maximum absolute atomic E-state index is 13.4. The molecule has 1 saturated heterocycles. The maximum Gasteiger partial charge on any atom is 0.573 e. The summed E-state index contributed by atoms with van der Waals surface area (Å²) >= 11 is 0. The van der Waals surface area contributed by atoms with Crippen LogP contribution in [0.25, 0.3) is 0 Å². The lowest BCUT2D eigenvalue weighted by molar-refractivity contribution is -0.274. The Hall–Kier alpha value is -4.01. The van der Waals surface area contributed by atoms with Gasteiger partial charge in [0, 0.05) is 13.1 Å². The normalized spacial score (nSPS) is 20.5. The standard InChI is InChI=1S/C29H30F3N3O7S/c1-28(2,3)42-27(37)34-16-20(33-43(38,39)19-14-12-18(13-15-19)41-29(30,31)32)26(36)23(17-34)35-21-8-4-6-10-24(21)40-25-11-7-5-9-22(25)35/h4-15,20,23,26,33,36H,16-17H2,1-3H3/t20-,23?,26?/m1/s1. The van der Waals surface area contributed by atoms with E-state index in [-0.39, 0.29) is 18.0 Å². The molecular weight excluding hydrogens is 591 g/mol. The number of ether oxygens (including phenoxy) is 3. The van der Waals surface area contributed by atoms with Crippen LogP contribution in [0.2, 0.25) is 0 Å². The van der Waals surface area contributed by atoms with Crippen molar-refractivity contribution in [2.75, 3.05) is 18.0 Å². The molecule has 2 N–H and O–H groups in total. The number of fused-ring (bicyclic) bond motifs is 2. The zero-order chi connectivity index (χ0) is 31.2. The van der Waals surface area contributed by atoms with Crippen molar-refractivity contribution >= 4 is 27.5 Å². The second-order valence-electron chi connectivity index (χ2n) is 11.1. The van der Waals surface area contributed by atoms with Crippen molar-refractivity contribution in [3.63, 3.8) is 0 Å². The number of benzene rings is 3. The van der Waals surface area contributed by atoms with Gasteiger partial charge in [0.05, 0.1) is 34.5 Å². The molecule has 10 nitrogen and oxygen atoms in total. The number of nitrogens with zero attached hydrogens (tertiary/aromatic N) is 2. The summed E-state index contributed by atoms with van der Waals surface area (Å²) in [6.07, 6.45) is -7.01. The Kier molecular flexibility index (Phi) is 7.96. The molecule has 0 saturated carbocycles. The molecule has 3 atom stereocenters. The summed E-state index contributed by atoms with van der Waals surface area (Å²) in [6.45, 7) is 4.82. The van der Waals surface area contributed by atoms with E-state index in [0.717, 1.165) is 24.3 Å². The highest BCUT2D eigenvalue weighted by Gasteiger charge is 2.45. The molecule has 43 heavy (non-hydrogen) atoms. The first-order valence-electron chi connectivity index (χ1n) is 13.3. The number of para-hydroxylation sites is 4. The summed E-state index contributed by atoms with van der Waals surface area (Å²) in [6, 6.07) is 15.8. The Balaban J connectivity index is 1.50. The zero-order valence-corrected chi connectivity index (χ0v) is 24.2. The number of carbonyl (C=O) groups is 1. The van der Waals surface area contributed by atoms with Crippen LogP contribution < -0.4 is 19.1 Å². The minimum Gasteiger partial charge on any atom is -0.453 e. The highest BCUT2D eigenvalue weighted by molar-refractivity contribution is 7.89. The molecule has 0 spiro atoms. The van der Waals surface area contributed by atoms with Crippen molar-refractivity contribution < 1.29 is 45.7 Å². The van der Waals surface area contributed by atoms with Crippen molar-refractivity contribution in [2.45, 2.75) is 55.8 Å². The predicted octanol–water partition coefficient (Wildman–Crippen LogP) is 5.16. The number of anilines is 2. The average Bonchev–Trinajstić information content (AvgIpc) is 2.91. The lowest BCUT2D eigenvalue weighted by Gasteiger charge is -2.48. The summed E-state index contributed by atoms with van der Waals surface area (Å²) in [4.78, 5) is 16.0. The molecule has 5 rings (SSSR count). The number of likely N-dealkylation sites (tertiary alicyclic amines) is 1. The van der Waals surface area contributed by atoms with Gasteiger partial charge < -0.3 is 29.1 Å². The van der Waals surface area contributed by atoms with Gasteiger partial charge in [-0.2, -0.15) is 0 Å². The quantitative estimate of drug-likeness (QED) is 0.402. The van der Waals surface area contributed by atoms with Gasteiger partial charge in [0.25, 0.3) is 0 Å². The van der Waals surface area contributed by atoms with Crippen LogP contribution in [-0.2, 0) is 14.8 Å². The van der Waals surface area contributed by atoms with Crippen molar-refractivity contribution in [2.24, 2.45) is 0 Å². The first-order chi connectivity index (χ1) is 20.1. The molecule has 0 aliphatic carbocycles. The predicted molar refractivity (Wildman–Crippen MR) is 150 cm³/mol. The van der Waals surface area contributed by atoms with Crippen LogP contribution in [0.4, 0.5) is 29.3 Å². The Labute approximate surface area is 246 Å². The van der Waals surface area contributed by atoms with Crippen molar-refractivity contribution in [3.8, 4) is 17.2 Å². The molecule has 3 aromatic carbocycles. The highest BCUT2D eigenvalue weighted by atomic mass is 32.2. The number of nitrogens with one attached hydrogen (secondary N) is 1. The fraction of sp³-hybridized carbons (Fsp3) is 0.345. The number of sulfonamides is 1. The van der Waals surface area contributed by atoms with Crippen LogP contribution in [0.3, 0.4) is 0 Å². The molecule has 3 aromatic rings. The van der Waals surface area contributed by atoms with E-state index in [1.165, 1.54) is 4.90 Å². The van der Waals surface area contributed by atoms with Crippen LogP contribution in [-0.4, -0.2) is 67.8 Å². The van der Waals surface area contributed by atoms with Crippen LogP contribution in [0.5, 0.6) is 17.2 Å². The Morgan fingerprint density at radius 3 is 2.02 bits per heavy atom. The van der Waals surface area contributed by atoms with Crippen LogP contribution >= 0.6 is 0 Å². The number of alkyl halides is 3. The van der Waals surface area contributed by atoms with Crippen LogP contribution in [0.15, 0.2) is 77.7 Å². The molecule has 2 aliphatic rings. The Morgan fingerprint density at radius 2 is 1.49 bits per heavy atom. The largest absolute Gasteiger partial charge is 0.573 e. The Bertz CT molecular complexity index is 1550. The number of carbonyl (C=O) groups excluding carboxylic acids is 1. The van der Waals surface area contributed by atoms with E-state index < -0.39 is 52.0 Å². The van der Waals surface area contributed by atoms with E-state index in [9.17, 15) is 31.5 Å². The third-order valence-corrected chi connectivity index (χ3v) is 8.26. The third kappa shape index (κ3) is 6.81. The van der Waals surface area contributed by atoms with Gasteiger partial charge in [0.1, 0.15) is 11.4 Å². The topological polar surface area (TPSA) is 118 Å². The second-order valence-corrected chi connectivity index (χ2v) is 12.8. The Morgan fingerprint density at radius 1 is 0.930 bits per heavy atom. The highest BCUT2D eigenvalue weighted by Crippen LogP contribution is 2.48. The maximum atomic E-state index is 13.4. The summed E-state index contributed by atoms with van der Waals surface area (Å²) in [7, 11) is -4.38. The molecule has 2 unspecified atom stereocenters. The molecule has 2 heterocycles. The van der Waals surface area contributed by atoms with E-state index in [1.54, 1.807) is 74.2 Å². The molecule has 1 fully saturated rings. The number of piperidine rings is 1. The fourth-order valence-electron chi connectivity index (χ4n) is 5.02. The number of aliphatic hydroxyl groups excluding tert-OH is 1. The van der Waals surface area contributed by atoms with Crippen molar-refractivity contribution in [1.29, 1.82) is 0 Å². The molecule has 14 heteroatoms. The molecule has 230 valence electrons. The lowest BCUT2D eigenvalue weighted by Crippen LogP contribution is -2.66. The average molecular weight is 622 g/mol. The second kappa shape index (κ2) is 11.2. The number of halogens is 3. The summed E-state index contributed by atoms with van der Waals surface area (Å²) in [5.74, 6) is 0.409. The van der Waals surface area contributed by atoms with Crippen LogP contribution in [0.1, 0.15) is 20.8 Å². The molecule has 0 aromatic heterocycles. The van der Waals surface area contributed by atoms with E-state index >= 15 is 0 Å².